The molecule has 0 aliphatic carbocycles. The molecule has 3 amide bonds. The Bertz CT molecular complexity index is 1100. The van der Waals surface area contributed by atoms with Gasteiger partial charge in [0.15, 0.2) is 0 Å². The number of aromatic nitrogens is 2. The summed E-state index contributed by atoms with van der Waals surface area (Å²) < 4.78 is 7.34. The van der Waals surface area contributed by atoms with Crippen LogP contribution in [0.15, 0.2) is 47.1 Å². The van der Waals surface area contributed by atoms with Gasteiger partial charge < -0.3 is 19.7 Å². The van der Waals surface area contributed by atoms with E-state index < -0.39 is 24.1 Å². The lowest BCUT2D eigenvalue weighted by molar-refractivity contribution is -0.139. The molecular formula is C22H25N5O5. The van der Waals surface area contributed by atoms with Crippen LogP contribution < -0.4 is 10.6 Å². The number of carbonyl (C=O) groups excluding carboxylic acids is 2. The summed E-state index contributed by atoms with van der Waals surface area (Å²) in [5, 5.41) is 14.0. The van der Waals surface area contributed by atoms with Crippen LogP contribution in [-0.2, 0) is 9.59 Å². The van der Waals surface area contributed by atoms with E-state index in [1.807, 2.05) is 30.3 Å². The van der Waals surface area contributed by atoms with Gasteiger partial charge >= 0.3 is 11.9 Å². The normalized spacial score (nSPS) is 17.0. The molecule has 2 aromatic heterocycles. The number of imidazole rings is 1. The quantitative estimate of drug-likeness (QED) is 0.542. The minimum atomic E-state index is -1.27. The molecule has 1 saturated heterocycles. The third-order valence-corrected chi connectivity index (χ3v) is 5.52. The number of benzene rings is 1. The van der Waals surface area contributed by atoms with Crippen LogP contribution in [0.1, 0.15) is 26.7 Å². The molecule has 1 aromatic carbocycles. The van der Waals surface area contributed by atoms with Crippen molar-refractivity contribution in [2.24, 2.45) is 5.92 Å². The summed E-state index contributed by atoms with van der Waals surface area (Å²) in [7, 11) is 0. The van der Waals surface area contributed by atoms with E-state index in [9.17, 15) is 14.4 Å². The van der Waals surface area contributed by atoms with E-state index in [0.717, 1.165) is 11.3 Å². The first-order valence-electron chi connectivity index (χ1n) is 10.5. The summed E-state index contributed by atoms with van der Waals surface area (Å²) in [4.78, 5) is 42.8. The highest BCUT2D eigenvalue weighted by atomic mass is 16.4. The number of anilines is 1. The fourth-order valence-corrected chi connectivity index (χ4v) is 3.93. The molecule has 32 heavy (non-hydrogen) atoms. The van der Waals surface area contributed by atoms with Gasteiger partial charge in [-0.05, 0) is 18.8 Å². The minimum absolute atomic E-state index is 0.223. The van der Waals surface area contributed by atoms with E-state index in [2.05, 4.69) is 15.6 Å². The minimum Gasteiger partial charge on any atom is -0.465 e. The highest BCUT2D eigenvalue weighted by Crippen LogP contribution is 2.24. The molecular weight excluding hydrogens is 414 g/mol. The molecule has 3 aromatic rings. The number of rotatable bonds is 6. The van der Waals surface area contributed by atoms with E-state index in [4.69, 9.17) is 9.52 Å². The topological polar surface area (TPSA) is 129 Å². The molecule has 2 atom stereocenters. The fourth-order valence-electron chi connectivity index (χ4n) is 3.93. The van der Waals surface area contributed by atoms with Crippen LogP contribution in [0.4, 0.5) is 10.7 Å². The maximum absolute atomic E-state index is 12.9. The Kier molecular flexibility index (Phi) is 5.85. The summed E-state index contributed by atoms with van der Waals surface area (Å²) >= 11 is 0. The predicted molar refractivity (Wildman–Crippen MR) is 116 cm³/mol. The second-order valence-electron chi connectivity index (χ2n) is 8.13. The Labute approximate surface area is 184 Å². The first-order valence-corrected chi connectivity index (χ1v) is 10.5. The number of nitrogens with one attached hydrogen (secondary N) is 2. The largest absolute Gasteiger partial charge is 0.465 e. The van der Waals surface area contributed by atoms with E-state index in [1.54, 1.807) is 30.6 Å². The van der Waals surface area contributed by atoms with Crippen molar-refractivity contribution >= 4 is 29.6 Å². The van der Waals surface area contributed by atoms with Gasteiger partial charge in [0, 0.05) is 18.3 Å². The lowest BCUT2D eigenvalue weighted by atomic mass is 10.0. The average molecular weight is 439 g/mol. The smallest absolute Gasteiger partial charge is 0.405 e. The Morgan fingerprint density at radius 2 is 1.94 bits per heavy atom. The second-order valence-corrected chi connectivity index (χ2v) is 8.13. The number of likely N-dealkylation sites (tertiary alicyclic amines) is 1. The maximum Gasteiger partial charge on any atom is 0.405 e. The molecule has 10 nitrogen and oxygen atoms in total. The van der Waals surface area contributed by atoms with Crippen molar-refractivity contribution in [1.82, 2.24) is 19.6 Å². The van der Waals surface area contributed by atoms with Crippen LogP contribution >= 0.6 is 0 Å². The van der Waals surface area contributed by atoms with Crippen molar-refractivity contribution in [3.8, 4) is 11.3 Å². The number of carbonyl (C=O) groups is 3. The molecule has 3 heterocycles. The molecule has 4 rings (SSSR count). The van der Waals surface area contributed by atoms with Crippen LogP contribution in [-0.4, -0.2) is 55.9 Å². The van der Waals surface area contributed by atoms with Gasteiger partial charge in [-0.1, -0.05) is 44.2 Å². The average Bonchev–Trinajstić information content (AvgIpc) is 3.46. The molecule has 0 saturated carbocycles. The van der Waals surface area contributed by atoms with E-state index in [1.165, 1.54) is 4.90 Å². The van der Waals surface area contributed by atoms with Crippen molar-refractivity contribution in [2.45, 2.75) is 38.8 Å². The molecule has 0 bridgehead atoms. The Hall–Kier alpha value is -3.82. The van der Waals surface area contributed by atoms with Crippen molar-refractivity contribution in [3.05, 3.63) is 42.7 Å². The van der Waals surface area contributed by atoms with Gasteiger partial charge in [-0.25, -0.2) is 4.79 Å². The molecule has 3 N–H and O–H groups in total. The van der Waals surface area contributed by atoms with Crippen LogP contribution in [0.3, 0.4) is 0 Å². The summed E-state index contributed by atoms with van der Waals surface area (Å²) in [6, 6.07) is 8.05. The van der Waals surface area contributed by atoms with Crippen molar-refractivity contribution in [3.63, 3.8) is 0 Å². The van der Waals surface area contributed by atoms with Crippen LogP contribution in [0.5, 0.6) is 0 Å². The molecule has 0 radical (unpaired) electrons. The third kappa shape index (κ3) is 4.29. The third-order valence-electron chi connectivity index (χ3n) is 5.52. The summed E-state index contributed by atoms with van der Waals surface area (Å²) in [5.74, 6) is -0.472. The zero-order valence-electron chi connectivity index (χ0n) is 17.8. The zero-order valence-corrected chi connectivity index (χ0v) is 17.8. The Balaban J connectivity index is 1.46. The van der Waals surface area contributed by atoms with Crippen molar-refractivity contribution < 1.29 is 23.9 Å². The van der Waals surface area contributed by atoms with Gasteiger partial charge in [0.05, 0.1) is 11.9 Å². The second kappa shape index (κ2) is 8.74. The van der Waals surface area contributed by atoms with E-state index in [0.29, 0.717) is 25.2 Å². The standard InChI is InChI=1S/C22H25N5O5/c1-13(2)18(25-22(30)31)20(29)27-10-6-9-16(27)19(28)24-17-12-26-11-15(23-21(26)32-17)14-7-4-3-5-8-14/h3-5,7-8,11-13,16,18,25H,6,9-10H2,1-2H3,(H,24,28)(H,30,31)/t16-,18-/m0/s1. The molecule has 168 valence electrons. The SMILES string of the molecule is CC(C)[C@H](NC(=O)O)C(=O)N1CCC[C@H]1C(=O)Nc1cn2cc(-c3ccccc3)nc2o1. The lowest BCUT2D eigenvalue weighted by Gasteiger charge is -2.29. The molecule has 1 aliphatic rings. The molecule has 1 fully saturated rings. The number of nitrogens with zero attached hydrogens (tertiary/aromatic N) is 3. The van der Waals surface area contributed by atoms with E-state index in [-0.39, 0.29) is 17.7 Å². The van der Waals surface area contributed by atoms with E-state index >= 15 is 0 Å². The fraction of sp³-hybridized carbons (Fsp3) is 0.364. The predicted octanol–water partition coefficient (Wildman–Crippen LogP) is 2.82. The Morgan fingerprint density at radius 3 is 2.59 bits per heavy atom. The Morgan fingerprint density at radius 1 is 1.19 bits per heavy atom. The monoisotopic (exact) mass is 439 g/mol. The molecule has 10 heteroatoms. The summed E-state index contributed by atoms with van der Waals surface area (Å²) in [6.45, 7) is 3.90. The molecule has 1 aliphatic heterocycles. The highest BCUT2D eigenvalue weighted by Gasteiger charge is 2.39. The number of amides is 3. The number of fused-ring (bicyclic) bond motifs is 1. The van der Waals surface area contributed by atoms with Gasteiger partial charge in [0.25, 0.3) is 0 Å². The molecule has 0 spiro atoms. The molecule has 0 unspecified atom stereocenters. The number of carboxylic acid groups (broad SMARTS) is 1. The van der Waals surface area contributed by atoms with Gasteiger partial charge in [-0.2, -0.15) is 4.98 Å². The van der Waals surface area contributed by atoms with Crippen molar-refractivity contribution in [2.75, 3.05) is 11.9 Å². The van der Waals surface area contributed by atoms with Crippen LogP contribution in [0.2, 0.25) is 0 Å². The first kappa shape index (κ1) is 21.4. The van der Waals surface area contributed by atoms with Crippen LogP contribution in [0, 0.1) is 5.92 Å². The van der Waals surface area contributed by atoms with Crippen LogP contribution in [0.25, 0.3) is 17.1 Å². The highest BCUT2D eigenvalue weighted by molar-refractivity contribution is 5.98. The van der Waals surface area contributed by atoms with Crippen molar-refractivity contribution in [1.29, 1.82) is 0 Å². The number of oxazole rings is 1. The maximum atomic E-state index is 12.9. The number of hydrogen-bond donors (Lipinski definition) is 3. The first-order chi connectivity index (χ1) is 15.3. The van der Waals surface area contributed by atoms with Gasteiger partial charge in [-0.3, -0.25) is 19.3 Å². The zero-order chi connectivity index (χ0) is 22.8. The summed E-state index contributed by atoms with van der Waals surface area (Å²) in [5.41, 5.74) is 1.70. The number of hydrogen-bond acceptors (Lipinski definition) is 5. The summed E-state index contributed by atoms with van der Waals surface area (Å²) in [6.07, 6.45) is 3.30. The van der Waals surface area contributed by atoms with Gasteiger partial charge in [0.1, 0.15) is 12.1 Å². The van der Waals surface area contributed by atoms with Gasteiger partial charge in [0.2, 0.25) is 17.7 Å². The lowest BCUT2D eigenvalue weighted by Crippen LogP contribution is -2.54. The van der Waals surface area contributed by atoms with Gasteiger partial charge in [-0.15, -0.1) is 0 Å².